The predicted octanol–water partition coefficient (Wildman–Crippen LogP) is 6.17. The van der Waals surface area contributed by atoms with Crippen LogP contribution in [0.1, 0.15) is 16.0 Å². The summed E-state index contributed by atoms with van der Waals surface area (Å²) in [5.41, 5.74) is 2.48. The van der Waals surface area contributed by atoms with Crippen LogP contribution in [0.4, 0.5) is 0 Å². The molecule has 1 atom stereocenters. The lowest BCUT2D eigenvalue weighted by molar-refractivity contribution is 0.958. The average Bonchev–Trinajstić information content (AvgIpc) is 2.48. The van der Waals surface area contributed by atoms with Crippen LogP contribution in [0.5, 0.6) is 0 Å². The lowest BCUT2D eigenvalue weighted by Gasteiger charge is -2.13. The van der Waals surface area contributed by atoms with E-state index in [-0.39, 0.29) is 4.83 Å². The van der Waals surface area contributed by atoms with Gasteiger partial charge in [0.25, 0.3) is 0 Å². The average molecular weight is 346 g/mol. The molecule has 0 aliphatic rings. The number of alkyl halides is 1. The molecule has 2 heteroatoms. The van der Waals surface area contributed by atoms with Crippen molar-refractivity contribution in [3.8, 4) is 0 Å². The van der Waals surface area contributed by atoms with Gasteiger partial charge in [0, 0.05) is 9.85 Å². The second-order valence-electron chi connectivity index (χ2n) is 4.83. The number of benzene rings is 3. The molecule has 0 saturated heterocycles. The molecule has 0 fully saturated rings. The molecule has 0 aromatic heterocycles. The summed E-state index contributed by atoms with van der Waals surface area (Å²) in [5, 5.41) is 3.41. The minimum absolute atomic E-state index is 0.224. The maximum atomic E-state index is 6.27. The van der Waals surface area contributed by atoms with Gasteiger partial charge in [0.05, 0.1) is 0 Å². The summed E-state index contributed by atoms with van der Waals surface area (Å²) >= 11 is 10.0. The van der Waals surface area contributed by atoms with Gasteiger partial charge in [-0.2, -0.15) is 0 Å². The van der Waals surface area contributed by atoms with E-state index in [1.807, 2.05) is 18.2 Å². The number of hydrogen-bond donors (Lipinski definition) is 0. The van der Waals surface area contributed by atoms with Crippen molar-refractivity contribution in [3.63, 3.8) is 0 Å². The molecule has 1 unspecified atom stereocenters. The van der Waals surface area contributed by atoms with Crippen LogP contribution in [0.2, 0.25) is 5.02 Å². The fraction of sp³-hybridized carbons (Fsp3) is 0.111. The summed E-state index contributed by atoms with van der Waals surface area (Å²) in [6.07, 6.45) is 0.922. The van der Waals surface area contributed by atoms with Crippen molar-refractivity contribution in [3.05, 3.63) is 82.9 Å². The summed E-state index contributed by atoms with van der Waals surface area (Å²) in [6, 6.07) is 22.9. The Bertz CT molecular complexity index is 731. The Morgan fingerprint density at radius 3 is 2.40 bits per heavy atom. The second kappa shape index (κ2) is 5.99. The van der Waals surface area contributed by atoms with E-state index >= 15 is 0 Å². The molecule has 3 rings (SSSR count). The topological polar surface area (TPSA) is 0 Å². The van der Waals surface area contributed by atoms with Crippen LogP contribution in [0.15, 0.2) is 66.7 Å². The van der Waals surface area contributed by atoms with Gasteiger partial charge in [-0.1, -0.05) is 88.2 Å². The zero-order valence-corrected chi connectivity index (χ0v) is 13.2. The van der Waals surface area contributed by atoms with Gasteiger partial charge in [0.2, 0.25) is 0 Å². The normalized spacial score (nSPS) is 12.5. The third-order valence-corrected chi connectivity index (χ3v) is 4.68. The van der Waals surface area contributed by atoms with E-state index in [1.54, 1.807) is 0 Å². The molecule has 0 spiro atoms. The first-order chi connectivity index (χ1) is 9.75. The molecule has 0 aliphatic heterocycles. The van der Waals surface area contributed by atoms with E-state index < -0.39 is 0 Å². The summed E-state index contributed by atoms with van der Waals surface area (Å²) in [5.74, 6) is 0. The van der Waals surface area contributed by atoms with E-state index in [1.165, 1.54) is 16.3 Å². The summed E-state index contributed by atoms with van der Waals surface area (Å²) in [6.45, 7) is 0. The van der Waals surface area contributed by atoms with Gasteiger partial charge >= 0.3 is 0 Å². The molecule has 100 valence electrons. The molecule has 0 aliphatic carbocycles. The van der Waals surface area contributed by atoms with Gasteiger partial charge in [-0.3, -0.25) is 0 Å². The van der Waals surface area contributed by atoms with E-state index in [4.69, 9.17) is 11.6 Å². The Balaban J connectivity index is 1.96. The van der Waals surface area contributed by atoms with Crippen molar-refractivity contribution in [1.29, 1.82) is 0 Å². The first-order valence-corrected chi connectivity index (χ1v) is 7.90. The highest BCUT2D eigenvalue weighted by molar-refractivity contribution is 9.09. The smallest absolute Gasteiger partial charge is 0.0450 e. The number of fused-ring (bicyclic) bond motifs is 1. The van der Waals surface area contributed by atoms with E-state index in [0.29, 0.717) is 0 Å². The fourth-order valence-electron chi connectivity index (χ4n) is 2.50. The van der Waals surface area contributed by atoms with Crippen molar-refractivity contribution >= 4 is 38.3 Å². The summed E-state index contributed by atoms with van der Waals surface area (Å²) < 4.78 is 0. The van der Waals surface area contributed by atoms with Crippen molar-refractivity contribution in [2.75, 3.05) is 0 Å². The van der Waals surface area contributed by atoms with Gasteiger partial charge in [0.1, 0.15) is 0 Å². The number of halogens is 2. The van der Waals surface area contributed by atoms with E-state index in [2.05, 4.69) is 64.5 Å². The van der Waals surface area contributed by atoms with Crippen LogP contribution in [0, 0.1) is 0 Å². The van der Waals surface area contributed by atoms with Crippen LogP contribution in [0.3, 0.4) is 0 Å². The maximum absolute atomic E-state index is 6.27. The standard InChI is InChI=1S/C18H14BrCl/c19-17(16-10-3-4-11-18(16)20)12-14-8-5-7-13-6-1-2-9-15(13)14/h1-11,17H,12H2. The third kappa shape index (κ3) is 2.74. The molecule has 0 saturated carbocycles. The molecule has 0 nitrogen and oxygen atoms in total. The van der Waals surface area contributed by atoms with Crippen LogP contribution >= 0.6 is 27.5 Å². The molecule has 0 radical (unpaired) electrons. The van der Waals surface area contributed by atoms with Gasteiger partial charge in [-0.15, -0.1) is 0 Å². The largest absolute Gasteiger partial charge is 0.0840 e. The molecule has 0 N–H and O–H groups in total. The van der Waals surface area contributed by atoms with Crippen molar-refractivity contribution in [2.24, 2.45) is 0 Å². The fourth-order valence-corrected chi connectivity index (χ4v) is 3.65. The van der Waals surface area contributed by atoms with E-state index in [0.717, 1.165) is 17.0 Å². The van der Waals surface area contributed by atoms with Crippen molar-refractivity contribution in [1.82, 2.24) is 0 Å². The van der Waals surface area contributed by atoms with Crippen LogP contribution in [0.25, 0.3) is 10.8 Å². The monoisotopic (exact) mass is 344 g/mol. The third-order valence-electron chi connectivity index (χ3n) is 3.52. The Morgan fingerprint density at radius 2 is 1.55 bits per heavy atom. The number of hydrogen-bond acceptors (Lipinski definition) is 0. The molecular weight excluding hydrogens is 332 g/mol. The molecule has 20 heavy (non-hydrogen) atoms. The zero-order valence-electron chi connectivity index (χ0n) is 10.9. The van der Waals surface area contributed by atoms with Gasteiger partial charge < -0.3 is 0 Å². The number of rotatable bonds is 3. The minimum atomic E-state index is 0.224. The highest BCUT2D eigenvalue weighted by Gasteiger charge is 2.13. The van der Waals surface area contributed by atoms with Gasteiger partial charge in [0.15, 0.2) is 0 Å². The highest BCUT2D eigenvalue weighted by atomic mass is 79.9. The Hall–Kier alpha value is -1.31. The summed E-state index contributed by atoms with van der Waals surface area (Å²) in [7, 11) is 0. The summed E-state index contributed by atoms with van der Waals surface area (Å²) in [4.78, 5) is 0.224. The van der Waals surface area contributed by atoms with Crippen LogP contribution < -0.4 is 0 Å². The first kappa shape index (κ1) is 13.7. The Labute approximate surface area is 132 Å². The lowest BCUT2D eigenvalue weighted by Crippen LogP contribution is -1.97. The van der Waals surface area contributed by atoms with Crippen molar-refractivity contribution in [2.45, 2.75) is 11.2 Å². The molecule has 3 aromatic carbocycles. The molecule has 0 bridgehead atoms. The van der Waals surface area contributed by atoms with Gasteiger partial charge in [-0.25, -0.2) is 0 Å². The molecular formula is C18H14BrCl. The highest BCUT2D eigenvalue weighted by Crippen LogP contribution is 2.33. The molecule has 0 heterocycles. The van der Waals surface area contributed by atoms with E-state index in [9.17, 15) is 0 Å². The van der Waals surface area contributed by atoms with Crippen molar-refractivity contribution < 1.29 is 0 Å². The maximum Gasteiger partial charge on any atom is 0.0450 e. The minimum Gasteiger partial charge on any atom is -0.0840 e. The second-order valence-corrected chi connectivity index (χ2v) is 6.34. The Kier molecular flexibility index (Phi) is 4.09. The van der Waals surface area contributed by atoms with Gasteiger partial charge in [-0.05, 0) is 34.4 Å². The predicted molar refractivity (Wildman–Crippen MR) is 90.8 cm³/mol. The molecule has 0 amide bonds. The van der Waals surface area contributed by atoms with Crippen LogP contribution in [-0.2, 0) is 6.42 Å². The SMILES string of the molecule is Clc1ccccc1C(Br)Cc1cccc2ccccc12. The lowest BCUT2D eigenvalue weighted by atomic mass is 9.98. The zero-order chi connectivity index (χ0) is 13.9. The van der Waals surface area contributed by atoms with Crippen LogP contribution in [-0.4, -0.2) is 0 Å². The Morgan fingerprint density at radius 1 is 0.850 bits per heavy atom. The molecule has 3 aromatic rings. The quantitative estimate of drug-likeness (QED) is 0.498. The first-order valence-electron chi connectivity index (χ1n) is 6.61.